The van der Waals surface area contributed by atoms with Gasteiger partial charge in [0.25, 0.3) is 5.91 Å². The molecule has 1 amide bonds. The molecule has 234 valence electrons. The second kappa shape index (κ2) is 13.5. The lowest BCUT2D eigenvalue weighted by Gasteiger charge is -2.43. The van der Waals surface area contributed by atoms with E-state index in [0.717, 1.165) is 46.5 Å². The summed E-state index contributed by atoms with van der Waals surface area (Å²) in [6.07, 6.45) is 4.03. The Morgan fingerprint density at radius 3 is 2.09 bits per heavy atom. The van der Waals surface area contributed by atoms with Crippen LogP contribution in [0.15, 0.2) is 94.8 Å². The summed E-state index contributed by atoms with van der Waals surface area (Å²) in [5.74, 6) is 1.85. The first-order chi connectivity index (χ1) is 22.5. The summed E-state index contributed by atoms with van der Waals surface area (Å²) in [6.45, 7) is 7.08. The molecule has 0 bridgehead atoms. The second-order valence-corrected chi connectivity index (χ2v) is 13.8. The third-order valence-electron chi connectivity index (χ3n) is 8.80. The minimum absolute atomic E-state index is 0.152. The predicted octanol–water partition coefficient (Wildman–Crippen LogP) is 8.86. The summed E-state index contributed by atoms with van der Waals surface area (Å²) in [6, 6.07) is 30.1. The minimum atomic E-state index is -0.152. The fourth-order valence-corrected chi connectivity index (χ4v) is 8.49. The number of amidine groups is 1. The predicted molar refractivity (Wildman–Crippen MR) is 197 cm³/mol. The molecule has 46 heavy (non-hydrogen) atoms. The van der Waals surface area contributed by atoms with Gasteiger partial charge in [-0.2, -0.15) is 0 Å². The van der Waals surface area contributed by atoms with E-state index in [9.17, 15) is 4.79 Å². The molecule has 0 aliphatic carbocycles. The third-order valence-corrected chi connectivity index (χ3v) is 10.5. The number of thioether (sulfide) groups is 1. The highest BCUT2D eigenvalue weighted by Crippen LogP contribution is 2.50. The average Bonchev–Trinajstić information content (AvgIpc) is 3.41. The molecule has 1 fully saturated rings. The number of hydrogen-bond donors (Lipinski definition) is 1. The van der Waals surface area contributed by atoms with Gasteiger partial charge in [0.2, 0.25) is 0 Å². The lowest BCUT2D eigenvalue weighted by molar-refractivity contribution is -0.115. The highest BCUT2D eigenvalue weighted by atomic mass is 127. The number of aliphatic imine (C=N–C) groups is 1. The standard InChI is InChI=1S/C38H36IN3O3S/c1-3-44-33-20-24(19-32(39)36(33)45-4-2)21-34-37(43)41-38(46-34)40-27-22-30-28(25-11-7-5-8-12-25)15-17-42-18-16-29(31(23-27)35(30)42)26-13-9-6-10-14-26/h5-14,19-23,28-29H,3-4,15-18H2,1-2H3,(H,40,41,43)/b34-21-/t28-,29-/m0/s1. The van der Waals surface area contributed by atoms with Crippen LogP contribution in [0.5, 0.6) is 11.5 Å². The number of carbonyl (C=O) groups is 1. The fraction of sp³-hybridized carbons (Fsp3) is 0.263. The van der Waals surface area contributed by atoms with E-state index in [0.29, 0.717) is 40.9 Å². The zero-order chi connectivity index (χ0) is 31.6. The van der Waals surface area contributed by atoms with E-state index in [1.807, 2.05) is 32.1 Å². The van der Waals surface area contributed by atoms with Crippen LogP contribution >= 0.6 is 34.4 Å². The molecule has 0 radical (unpaired) electrons. The van der Waals surface area contributed by atoms with Crippen molar-refractivity contribution in [1.82, 2.24) is 5.32 Å². The number of hydrogen-bond acceptors (Lipinski definition) is 6. The van der Waals surface area contributed by atoms with Gasteiger partial charge < -0.3 is 19.7 Å². The summed E-state index contributed by atoms with van der Waals surface area (Å²) in [5.41, 5.74) is 8.44. The van der Waals surface area contributed by atoms with Gasteiger partial charge in [-0.05, 0) is 119 Å². The monoisotopic (exact) mass is 741 g/mol. The molecule has 1 N–H and O–H groups in total. The number of ether oxygens (including phenoxy) is 2. The van der Waals surface area contributed by atoms with Gasteiger partial charge in [-0.3, -0.25) is 4.79 Å². The van der Waals surface area contributed by atoms with Crippen LogP contribution in [0.2, 0.25) is 0 Å². The van der Waals surface area contributed by atoms with Gasteiger partial charge in [0.1, 0.15) is 0 Å². The number of halogens is 1. The van der Waals surface area contributed by atoms with Gasteiger partial charge in [-0.25, -0.2) is 4.99 Å². The van der Waals surface area contributed by atoms with E-state index in [1.165, 1.54) is 39.7 Å². The largest absolute Gasteiger partial charge is 0.490 e. The van der Waals surface area contributed by atoms with Gasteiger partial charge >= 0.3 is 0 Å². The number of carbonyl (C=O) groups excluding carboxylic acids is 1. The van der Waals surface area contributed by atoms with Crippen LogP contribution in [0.1, 0.15) is 66.3 Å². The highest BCUT2D eigenvalue weighted by Gasteiger charge is 2.35. The van der Waals surface area contributed by atoms with Crippen molar-refractivity contribution < 1.29 is 14.3 Å². The first-order valence-corrected chi connectivity index (χ1v) is 17.8. The van der Waals surface area contributed by atoms with Crippen molar-refractivity contribution in [1.29, 1.82) is 0 Å². The first-order valence-electron chi connectivity index (χ1n) is 15.9. The maximum atomic E-state index is 13.2. The normalized spacial score (nSPS) is 20.5. The number of nitrogens with zero attached hydrogens (tertiary/aromatic N) is 2. The van der Waals surface area contributed by atoms with Gasteiger partial charge in [0, 0.05) is 30.6 Å². The van der Waals surface area contributed by atoms with Crippen molar-refractivity contribution in [2.45, 2.75) is 38.5 Å². The Balaban J connectivity index is 1.27. The van der Waals surface area contributed by atoms with Crippen LogP contribution in [0, 0.1) is 3.57 Å². The van der Waals surface area contributed by atoms with Crippen LogP contribution in [-0.2, 0) is 4.79 Å². The van der Waals surface area contributed by atoms with Crippen molar-refractivity contribution in [3.05, 3.63) is 121 Å². The van der Waals surface area contributed by atoms with Gasteiger partial charge in [-0.1, -0.05) is 60.7 Å². The molecule has 8 heteroatoms. The zero-order valence-electron chi connectivity index (χ0n) is 26.0. The quantitative estimate of drug-likeness (QED) is 0.145. The van der Waals surface area contributed by atoms with Crippen LogP contribution in [0.25, 0.3) is 6.08 Å². The SMILES string of the molecule is CCOc1cc(/C=C2\SC(=Nc3cc4c5c(c3)[C@H](c3ccccc3)CCN5CC[C@H]4c3ccccc3)NC2=O)cc(I)c1OCC. The number of benzene rings is 4. The Morgan fingerprint density at radius 2 is 1.50 bits per heavy atom. The van der Waals surface area contributed by atoms with Gasteiger partial charge in [-0.15, -0.1) is 0 Å². The summed E-state index contributed by atoms with van der Waals surface area (Å²) in [7, 11) is 0. The minimum Gasteiger partial charge on any atom is -0.490 e. The van der Waals surface area contributed by atoms with Crippen molar-refractivity contribution in [2.75, 3.05) is 31.2 Å². The lowest BCUT2D eigenvalue weighted by Crippen LogP contribution is -2.37. The molecule has 3 heterocycles. The van der Waals surface area contributed by atoms with Crippen molar-refractivity contribution in [3.63, 3.8) is 0 Å². The molecular formula is C38H36IN3O3S. The number of rotatable bonds is 8. The van der Waals surface area contributed by atoms with E-state index >= 15 is 0 Å². The lowest BCUT2D eigenvalue weighted by atomic mass is 9.76. The van der Waals surface area contributed by atoms with Crippen LogP contribution in [0.3, 0.4) is 0 Å². The first kappa shape index (κ1) is 30.9. The van der Waals surface area contributed by atoms with Gasteiger partial charge in [0.05, 0.1) is 27.4 Å². The van der Waals surface area contributed by atoms with Crippen LogP contribution < -0.4 is 19.7 Å². The average molecular weight is 742 g/mol. The third kappa shape index (κ3) is 6.17. The van der Waals surface area contributed by atoms with Crippen molar-refractivity contribution in [3.8, 4) is 11.5 Å². The molecule has 4 aromatic carbocycles. The Morgan fingerprint density at radius 1 is 0.891 bits per heavy atom. The van der Waals surface area contributed by atoms with Crippen molar-refractivity contribution in [2.24, 2.45) is 4.99 Å². The molecule has 2 atom stereocenters. The molecule has 3 aliphatic rings. The topological polar surface area (TPSA) is 63.2 Å². The highest BCUT2D eigenvalue weighted by molar-refractivity contribution is 14.1. The Labute approximate surface area is 288 Å². The van der Waals surface area contributed by atoms with E-state index < -0.39 is 0 Å². The smallest absolute Gasteiger partial charge is 0.264 e. The Bertz CT molecular complexity index is 1750. The Hall–Kier alpha value is -3.76. The molecule has 4 aromatic rings. The molecule has 0 unspecified atom stereocenters. The summed E-state index contributed by atoms with van der Waals surface area (Å²) in [5, 5.41) is 3.61. The molecule has 3 aliphatic heterocycles. The van der Waals surface area contributed by atoms with Crippen LogP contribution in [0.4, 0.5) is 11.4 Å². The molecular weight excluding hydrogens is 705 g/mol. The van der Waals surface area contributed by atoms with E-state index in [1.54, 1.807) is 0 Å². The molecule has 0 spiro atoms. The summed E-state index contributed by atoms with van der Waals surface area (Å²) < 4.78 is 12.6. The van der Waals surface area contributed by atoms with Crippen molar-refractivity contribution >= 4 is 62.9 Å². The molecule has 6 nitrogen and oxygen atoms in total. The maximum Gasteiger partial charge on any atom is 0.264 e. The molecule has 7 rings (SSSR count). The number of anilines is 1. The fourth-order valence-electron chi connectivity index (χ4n) is 6.87. The number of nitrogens with one attached hydrogen (secondary N) is 1. The summed E-state index contributed by atoms with van der Waals surface area (Å²) >= 11 is 3.63. The zero-order valence-corrected chi connectivity index (χ0v) is 28.9. The van der Waals surface area contributed by atoms with E-state index in [4.69, 9.17) is 14.5 Å². The number of amides is 1. The van der Waals surface area contributed by atoms with Crippen LogP contribution in [-0.4, -0.2) is 37.4 Å². The van der Waals surface area contributed by atoms with E-state index in [2.05, 4.69) is 106 Å². The summed E-state index contributed by atoms with van der Waals surface area (Å²) in [4.78, 5) is 21.4. The van der Waals surface area contributed by atoms with Gasteiger partial charge in [0.15, 0.2) is 16.7 Å². The molecule has 0 aromatic heterocycles. The molecule has 1 saturated heterocycles. The molecule has 0 saturated carbocycles. The second-order valence-electron chi connectivity index (χ2n) is 11.6. The maximum absolute atomic E-state index is 13.2. The Kier molecular flexibility index (Phi) is 9.08. The van der Waals surface area contributed by atoms with E-state index in [-0.39, 0.29) is 5.91 Å².